The molecule has 1 aromatic carbocycles. The van der Waals surface area contributed by atoms with Crippen LogP contribution < -0.4 is 10.6 Å². The molecule has 0 unspecified atom stereocenters. The Balaban J connectivity index is 2.32. The quantitative estimate of drug-likeness (QED) is 0.751. The van der Waals surface area contributed by atoms with Gasteiger partial charge in [0.25, 0.3) is 5.91 Å². The molecule has 0 aromatic heterocycles. The first-order chi connectivity index (χ1) is 8.97. The molecule has 0 atom stereocenters. The second kappa shape index (κ2) is 7.34. The van der Waals surface area contributed by atoms with E-state index in [1.54, 1.807) is 24.3 Å². The third-order valence-electron chi connectivity index (χ3n) is 1.81. The molecule has 8 heteroatoms. The van der Waals surface area contributed by atoms with Gasteiger partial charge in [0, 0.05) is 10.7 Å². The molecule has 0 aliphatic heterocycles. The fourth-order valence-electron chi connectivity index (χ4n) is 1.09. The van der Waals surface area contributed by atoms with E-state index in [9.17, 15) is 14.4 Å². The third kappa shape index (κ3) is 6.39. The van der Waals surface area contributed by atoms with Crippen LogP contribution in [0.15, 0.2) is 24.3 Å². The highest BCUT2D eigenvalue weighted by Crippen LogP contribution is 2.12. The van der Waals surface area contributed by atoms with E-state index in [1.165, 1.54) is 0 Å². The van der Waals surface area contributed by atoms with E-state index >= 15 is 0 Å². The summed E-state index contributed by atoms with van der Waals surface area (Å²) < 4.78 is 4.51. The molecule has 102 valence electrons. The molecule has 19 heavy (non-hydrogen) atoms. The van der Waals surface area contributed by atoms with Crippen molar-refractivity contribution in [3.8, 4) is 0 Å². The van der Waals surface area contributed by atoms with Crippen LogP contribution in [0.5, 0.6) is 0 Å². The summed E-state index contributed by atoms with van der Waals surface area (Å²) in [5, 5.41) is 13.2. The van der Waals surface area contributed by atoms with Crippen LogP contribution >= 0.6 is 11.6 Å². The van der Waals surface area contributed by atoms with Crippen molar-refractivity contribution in [2.45, 2.75) is 0 Å². The molecular formula is C11H11ClN2O5. The number of imide groups is 1. The summed E-state index contributed by atoms with van der Waals surface area (Å²) in [6.45, 7) is -1.12. The molecule has 0 aliphatic rings. The van der Waals surface area contributed by atoms with E-state index in [0.717, 1.165) is 0 Å². The fraction of sp³-hybridized carbons (Fsp3) is 0.182. The number of anilines is 1. The standard InChI is InChI=1S/C11H11ClN2O5/c12-7-1-3-8(4-2-7)13-11(18)14-9(15)5-19-6-10(16)17/h1-4H,5-6H2,(H,16,17)(H2,13,14,15,18). The lowest BCUT2D eigenvalue weighted by atomic mass is 10.3. The minimum atomic E-state index is -1.20. The molecule has 0 saturated carbocycles. The number of benzene rings is 1. The zero-order chi connectivity index (χ0) is 14.3. The lowest BCUT2D eigenvalue weighted by molar-refractivity contribution is -0.143. The second-order valence-corrected chi connectivity index (χ2v) is 3.83. The van der Waals surface area contributed by atoms with Gasteiger partial charge in [-0.05, 0) is 24.3 Å². The number of ether oxygens (including phenoxy) is 1. The summed E-state index contributed by atoms with van der Waals surface area (Å²) in [7, 11) is 0. The first-order valence-electron chi connectivity index (χ1n) is 5.13. The van der Waals surface area contributed by atoms with Crippen LogP contribution in [-0.2, 0) is 14.3 Å². The SMILES string of the molecule is O=C(O)COCC(=O)NC(=O)Nc1ccc(Cl)cc1. The number of carboxylic acid groups (broad SMARTS) is 1. The van der Waals surface area contributed by atoms with Crippen LogP contribution in [0.3, 0.4) is 0 Å². The maximum atomic E-state index is 11.4. The van der Waals surface area contributed by atoms with Gasteiger partial charge in [-0.2, -0.15) is 0 Å². The Morgan fingerprint density at radius 3 is 2.37 bits per heavy atom. The number of rotatable bonds is 5. The number of hydrogen-bond donors (Lipinski definition) is 3. The van der Waals surface area contributed by atoms with E-state index in [4.69, 9.17) is 16.7 Å². The molecule has 1 rings (SSSR count). The maximum absolute atomic E-state index is 11.4. The average Bonchev–Trinajstić information content (AvgIpc) is 2.31. The topological polar surface area (TPSA) is 105 Å². The van der Waals surface area contributed by atoms with Crippen LogP contribution in [0.2, 0.25) is 5.02 Å². The van der Waals surface area contributed by atoms with Crippen molar-refractivity contribution in [1.29, 1.82) is 0 Å². The molecule has 1 aromatic rings. The average molecular weight is 287 g/mol. The Bertz CT molecular complexity index is 474. The number of aliphatic carboxylic acids is 1. The van der Waals surface area contributed by atoms with Gasteiger partial charge in [0.15, 0.2) is 0 Å². The maximum Gasteiger partial charge on any atom is 0.329 e. The molecule has 3 amide bonds. The van der Waals surface area contributed by atoms with E-state index < -0.39 is 31.1 Å². The Hall–Kier alpha value is -2.12. The number of urea groups is 1. The van der Waals surface area contributed by atoms with Crippen molar-refractivity contribution in [3.05, 3.63) is 29.3 Å². The summed E-state index contributed by atoms with van der Waals surface area (Å²) in [6, 6.07) is 5.54. The highest BCUT2D eigenvalue weighted by atomic mass is 35.5. The highest BCUT2D eigenvalue weighted by Gasteiger charge is 2.08. The van der Waals surface area contributed by atoms with Crippen LogP contribution in [0.1, 0.15) is 0 Å². The van der Waals surface area contributed by atoms with Crippen LogP contribution in [0, 0.1) is 0 Å². The van der Waals surface area contributed by atoms with Gasteiger partial charge in [-0.25, -0.2) is 9.59 Å². The van der Waals surface area contributed by atoms with Crippen molar-refractivity contribution < 1.29 is 24.2 Å². The Morgan fingerprint density at radius 1 is 1.16 bits per heavy atom. The minimum Gasteiger partial charge on any atom is -0.480 e. The highest BCUT2D eigenvalue weighted by molar-refractivity contribution is 6.30. The first kappa shape index (κ1) is 14.9. The van der Waals surface area contributed by atoms with Crippen LogP contribution in [-0.4, -0.2) is 36.2 Å². The number of carbonyl (C=O) groups excluding carboxylic acids is 2. The minimum absolute atomic E-state index is 0.459. The van der Waals surface area contributed by atoms with Gasteiger partial charge in [0.2, 0.25) is 0 Å². The van der Waals surface area contributed by atoms with Gasteiger partial charge < -0.3 is 15.2 Å². The van der Waals surface area contributed by atoms with E-state index in [2.05, 4.69) is 10.1 Å². The number of nitrogens with one attached hydrogen (secondary N) is 2. The van der Waals surface area contributed by atoms with Crippen LogP contribution in [0.25, 0.3) is 0 Å². The van der Waals surface area contributed by atoms with Crippen LogP contribution in [0.4, 0.5) is 10.5 Å². The van der Waals surface area contributed by atoms with Gasteiger partial charge in [-0.15, -0.1) is 0 Å². The summed E-state index contributed by atoms with van der Waals surface area (Å²) in [6.07, 6.45) is 0. The number of carbonyl (C=O) groups is 3. The van der Waals surface area contributed by atoms with Crippen molar-refractivity contribution in [2.75, 3.05) is 18.5 Å². The summed E-state index contributed by atoms with van der Waals surface area (Å²) >= 11 is 5.67. The van der Waals surface area contributed by atoms with Gasteiger partial charge in [0.1, 0.15) is 13.2 Å². The fourth-order valence-corrected chi connectivity index (χ4v) is 1.22. The van der Waals surface area contributed by atoms with Crippen molar-refractivity contribution >= 4 is 35.2 Å². The predicted molar refractivity (Wildman–Crippen MR) is 67.1 cm³/mol. The third-order valence-corrected chi connectivity index (χ3v) is 2.07. The molecule has 7 nitrogen and oxygen atoms in total. The Labute approximate surface area is 113 Å². The molecule has 0 radical (unpaired) electrons. The lowest BCUT2D eigenvalue weighted by Gasteiger charge is -2.06. The lowest BCUT2D eigenvalue weighted by Crippen LogP contribution is -2.37. The molecular weight excluding hydrogens is 276 g/mol. The zero-order valence-electron chi connectivity index (χ0n) is 9.68. The summed E-state index contributed by atoms with van der Waals surface area (Å²) in [5.41, 5.74) is 0.459. The van der Waals surface area contributed by atoms with E-state index in [1.807, 2.05) is 5.32 Å². The summed E-state index contributed by atoms with van der Waals surface area (Å²) in [5.74, 6) is -1.94. The second-order valence-electron chi connectivity index (χ2n) is 3.40. The Kier molecular flexibility index (Phi) is 5.77. The van der Waals surface area contributed by atoms with Gasteiger partial charge in [-0.1, -0.05) is 11.6 Å². The van der Waals surface area contributed by atoms with E-state index in [0.29, 0.717) is 10.7 Å². The molecule has 0 saturated heterocycles. The van der Waals surface area contributed by atoms with Gasteiger partial charge in [-0.3, -0.25) is 10.1 Å². The summed E-state index contributed by atoms with van der Waals surface area (Å²) in [4.78, 5) is 32.7. The number of amides is 3. The predicted octanol–water partition coefficient (Wildman–Crippen LogP) is 1.09. The number of hydrogen-bond acceptors (Lipinski definition) is 4. The van der Waals surface area contributed by atoms with E-state index in [-0.39, 0.29) is 0 Å². The van der Waals surface area contributed by atoms with Crippen molar-refractivity contribution in [3.63, 3.8) is 0 Å². The monoisotopic (exact) mass is 286 g/mol. The number of carboxylic acids is 1. The molecule has 0 aliphatic carbocycles. The molecule has 0 bridgehead atoms. The molecule has 3 N–H and O–H groups in total. The molecule has 0 spiro atoms. The van der Waals surface area contributed by atoms with Gasteiger partial charge in [0.05, 0.1) is 0 Å². The molecule has 0 fully saturated rings. The zero-order valence-corrected chi connectivity index (χ0v) is 10.4. The van der Waals surface area contributed by atoms with Crippen molar-refractivity contribution in [2.24, 2.45) is 0 Å². The first-order valence-corrected chi connectivity index (χ1v) is 5.51. The Morgan fingerprint density at radius 2 is 1.79 bits per heavy atom. The molecule has 0 heterocycles. The smallest absolute Gasteiger partial charge is 0.329 e. The van der Waals surface area contributed by atoms with Crippen molar-refractivity contribution in [1.82, 2.24) is 5.32 Å². The normalized spacial score (nSPS) is 9.74. The largest absolute Gasteiger partial charge is 0.480 e. The van der Waals surface area contributed by atoms with Gasteiger partial charge >= 0.3 is 12.0 Å². The number of halogens is 1.